The lowest BCUT2D eigenvalue weighted by atomic mass is 10.1. The van der Waals surface area contributed by atoms with Gasteiger partial charge in [-0.15, -0.1) is 0 Å². The molecule has 0 N–H and O–H groups in total. The number of methoxy groups -OCH3 is 2. The maximum atomic E-state index is 6.22. The third-order valence-electron chi connectivity index (χ3n) is 4.86. The summed E-state index contributed by atoms with van der Waals surface area (Å²) < 4.78 is 10.7. The molecule has 0 amide bonds. The van der Waals surface area contributed by atoms with Crippen molar-refractivity contribution in [2.24, 2.45) is 0 Å². The van der Waals surface area contributed by atoms with E-state index in [2.05, 4.69) is 4.90 Å². The molecule has 0 radical (unpaired) electrons. The lowest BCUT2D eigenvalue weighted by Gasteiger charge is -2.19. The van der Waals surface area contributed by atoms with Crippen LogP contribution in [0.5, 0.6) is 11.5 Å². The smallest absolute Gasteiger partial charge is 0.154 e. The topological polar surface area (TPSA) is 47.5 Å². The summed E-state index contributed by atoms with van der Waals surface area (Å²) in [6.45, 7) is 2.02. The molecule has 1 aromatic heterocycles. The second-order valence-electron chi connectivity index (χ2n) is 6.74. The van der Waals surface area contributed by atoms with E-state index in [9.17, 15) is 0 Å². The average molecular weight is 396 g/mol. The molecule has 0 spiro atoms. The van der Waals surface area contributed by atoms with Crippen molar-refractivity contribution >= 4 is 40.5 Å². The van der Waals surface area contributed by atoms with E-state index in [0.29, 0.717) is 10.8 Å². The molecule has 5 nitrogen and oxygen atoms in total. The first-order valence-electron chi connectivity index (χ1n) is 9.29. The molecule has 1 fully saturated rings. The number of aromatic nitrogens is 2. The Morgan fingerprint density at radius 3 is 2.32 bits per heavy atom. The second-order valence-corrected chi connectivity index (χ2v) is 7.18. The molecule has 28 heavy (non-hydrogen) atoms. The summed E-state index contributed by atoms with van der Waals surface area (Å²) in [5.74, 6) is 3.10. The Hall–Kier alpha value is -2.79. The Kier molecular flexibility index (Phi) is 5.35. The van der Waals surface area contributed by atoms with Crippen molar-refractivity contribution in [3.8, 4) is 11.5 Å². The minimum absolute atomic E-state index is 0.665. The summed E-state index contributed by atoms with van der Waals surface area (Å²) in [4.78, 5) is 11.8. The fraction of sp³-hybridized carbons (Fsp3) is 0.273. The zero-order valence-electron chi connectivity index (χ0n) is 16.0. The summed E-state index contributed by atoms with van der Waals surface area (Å²) in [6.07, 6.45) is 6.25. The van der Waals surface area contributed by atoms with Gasteiger partial charge >= 0.3 is 0 Å². The van der Waals surface area contributed by atoms with Gasteiger partial charge in [-0.2, -0.15) is 0 Å². The van der Waals surface area contributed by atoms with Crippen molar-refractivity contribution in [2.75, 3.05) is 32.2 Å². The molecule has 6 heteroatoms. The van der Waals surface area contributed by atoms with E-state index in [4.69, 9.17) is 31.0 Å². The summed E-state index contributed by atoms with van der Waals surface area (Å²) in [7, 11) is 3.28. The third-order valence-corrected chi connectivity index (χ3v) is 5.09. The molecular weight excluding hydrogens is 374 g/mol. The molecule has 0 bridgehead atoms. The molecule has 3 aromatic rings. The standard InChI is InChI=1S/C22H22ClN3O2/c1-27-17-11-15(12-18(14-17)28-2)5-8-21-24-20-7-6-16(23)13-19(20)22(25-21)26-9-3-4-10-26/h5-8,11-14H,3-4,9-10H2,1-2H3/b8-5+. The molecule has 1 aliphatic heterocycles. The molecule has 1 aliphatic rings. The van der Waals surface area contributed by atoms with Crippen LogP contribution in [0.2, 0.25) is 5.02 Å². The zero-order chi connectivity index (χ0) is 19.5. The molecule has 0 saturated carbocycles. The minimum atomic E-state index is 0.665. The first-order chi connectivity index (χ1) is 13.7. The van der Waals surface area contributed by atoms with Crippen LogP contribution in [0.25, 0.3) is 23.1 Å². The highest BCUT2D eigenvalue weighted by Gasteiger charge is 2.18. The van der Waals surface area contributed by atoms with Crippen LogP contribution in [-0.4, -0.2) is 37.3 Å². The van der Waals surface area contributed by atoms with E-state index in [1.54, 1.807) is 14.2 Å². The van der Waals surface area contributed by atoms with Crippen molar-refractivity contribution in [1.82, 2.24) is 9.97 Å². The molecule has 4 rings (SSSR count). The largest absolute Gasteiger partial charge is 0.497 e. The number of hydrogen-bond acceptors (Lipinski definition) is 5. The molecule has 2 aromatic carbocycles. The SMILES string of the molecule is COc1cc(/C=C/c2nc(N3CCCC3)c3cc(Cl)ccc3n2)cc(OC)c1. The van der Waals surface area contributed by atoms with Gasteiger partial charge in [-0.25, -0.2) is 9.97 Å². The Balaban J connectivity index is 1.75. The zero-order valence-corrected chi connectivity index (χ0v) is 16.7. The van der Waals surface area contributed by atoms with E-state index < -0.39 is 0 Å². The lowest BCUT2D eigenvalue weighted by Crippen LogP contribution is -2.20. The number of hydrogen-bond donors (Lipinski definition) is 0. The summed E-state index contributed by atoms with van der Waals surface area (Å²) in [6, 6.07) is 11.5. The van der Waals surface area contributed by atoms with Gasteiger partial charge in [-0.1, -0.05) is 17.7 Å². The third kappa shape index (κ3) is 3.90. The average Bonchev–Trinajstić information content (AvgIpc) is 3.26. The predicted octanol–water partition coefficient (Wildman–Crippen LogP) is 5.07. The van der Waals surface area contributed by atoms with Crippen LogP contribution in [0.4, 0.5) is 5.82 Å². The van der Waals surface area contributed by atoms with Crippen LogP contribution in [-0.2, 0) is 0 Å². The quantitative estimate of drug-likeness (QED) is 0.603. The van der Waals surface area contributed by atoms with Gasteiger partial charge in [0.05, 0.1) is 19.7 Å². The van der Waals surface area contributed by atoms with Gasteiger partial charge in [0, 0.05) is 29.6 Å². The van der Waals surface area contributed by atoms with E-state index in [1.807, 2.05) is 48.6 Å². The normalized spacial score (nSPS) is 14.2. The van der Waals surface area contributed by atoms with E-state index in [1.165, 1.54) is 12.8 Å². The van der Waals surface area contributed by atoms with Gasteiger partial charge in [0.2, 0.25) is 0 Å². The van der Waals surface area contributed by atoms with Crippen molar-refractivity contribution < 1.29 is 9.47 Å². The molecule has 0 atom stereocenters. The van der Waals surface area contributed by atoms with Gasteiger partial charge < -0.3 is 14.4 Å². The van der Waals surface area contributed by atoms with Gasteiger partial charge in [0.25, 0.3) is 0 Å². The maximum absolute atomic E-state index is 6.22. The Morgan fingerprint density at radius 2 is 1.64 bits per heavy atom. The number of benzene rings is 2. The van der Waals surface area contributed by atoms with Crippen molar-refractivity contribution in [3.63, 3.8) is 0 Å². The van der Waals surface area contributed by atoms with Crippen LogP contribution in [0, 0.1) is 0 Å². The minimum Gasteiger partial charge on any atom is -0.497 e. The molecule has 144 valence electrons. The van der Waals surface area contributed by atoms with E-state index in [0.717, 1.165) is 46.9 Å². The Morgan fingerprint density at radius 1 is 0.929 bits per heavy atom. The number of anilines is 1. The molecular formula is C22H22ClN3O2. The van der Waals surface area contributed by atoms with Crippen LogP contribution in [0.3, 0.4) is 0 Å². The van der Waals surface area contributed by atoms with Crippen molar-refractivity contribution in [2.45, 2.75) is 12.8 Å². The second kappa shape index (κ2) is 8.07. The van der Waals surface area contributed by atoms with Crippen LogP contribution in [0.15, 0.2) is 36.4 Å². The molecule has 0 aliphatic carbocycles. The van der Waals surface area contributed by atoms with Gasteiger partial charge in [0.15, 0.2) is 5.82 Å². The first-order valence-corrected chi connectivity index (χ1v) is 9.67. The number of nitrogens with zero attached hydrogens (tertiary/aromatic N) is 3. The lowest BCUT2D eigenvalue weighted by molar-refractivity contribution is 0.394. The highest BCUT2D eigenvalue weighted by atomic mass is 35.5. The van der Waals surface area contributed by atoms with Crippen molar-refractivity contribution in [3.05, 3.63) is 52.8 Å². The highest BCUT2D eigenvalue weighted by molar-refractivity contribution is 6.31. The summed E-state index contributed by atoms with van der Waals surface area (Å²) in [5.41, 5.74) is 1.85. The fourth-order valence-electron chi connectivity index (χ4n) is 3.44. The molecule has 2 heterocycles. The van der Waals surface area contributed by atoms with Gasteiger partial charge in [-0.05, 0) is 54.8 Å². The van der Waals surface area contributed by atoms with Crippen LogP contribution in [0.1, 0.15) is 24.2 Å². The Labute approximate surface area is 169 Å². The van der Waals surface area contributed by atoms with Gasteiger partial charge in [-0.3, -0.25) is 0 Å². The number of rotatable bonds is 5. The predicted molar refractivity (Wildman–Crippen MR) is 114 cm³/mol. The maximum Gasteiger partial charge on any atom is 0.154 e. The summed E-state index contributed by atoms with van der Waals surface area (Å²) >= 11 is 6.22. The van der Waals surface area contributed by atoms with Crippen molar-refractivity contribution in [1.29, 1.82) is 0 Å². The number of halogens is 1. The summed E-state index contributed by atoms with van der Waals surface area (Å²) in [5, 5.41) is 1.69. The molecule has 0 unspecified atom stereocenters. The first kappa shape index (κ1) is 18.6. The fourth-order valence-corrected chi connectivity index (χ4v) is 3.62. The highest BCUT2D eigenvalue weighted by Crippen LogP contribution is 2.30. The number of ether oxygens (including phenoxy) is 2. The van der Waals surface area contributed by atoms with E-state index in [-0.39, 0.29) is 0 Å². The number of fused-ring (bicyclic) bond motifs is 1. The van der Waals surface area contributed by atoms with E-state index >= 15 is 0 Å². The molecule has 1 saturated heterocycles. The Bertz CT molecular complexity index is 1010. The van der Waals surface area contributed by atoms with Crippen LogP contribution >= 0.6 is 11.6 Å². The van der Waals surface area contributed by atoms with Crippen LogP contribution < -0.4 is 14.4 Å². The van der Waals surface area contributed by atoms with Gasteiger partial charge in [0.1, 0.15) is 17.3 Å². The monoisotopic (exact) mass is 395 g/mol.